The average molecular weight is 447 g/mol. The molecule has 1 aliphatic heterocycles. The lowest BCUT2D eigenvalue weighted by atomic mass is 9.87. The van der Waals surface area contributed by atoms with Crippen molar-refractivity contribution in [2.75, 3.05) is 13.1 Å². The minimum Gasteiger partial charge on any atom is -0.465 e. The van der Waals surface area contributed by atoms with Gasteiger partial charge < -0.3 is 10.0 Å². The zero-order valence-electron chi connectivity index (χ0n) is 15.9. The highest BCUT2D eigenvalue weighted by molar-refractivity contribution is 7.90. The fraction of sp³-hybridized carbons (Fsp3) is 0.238. The number of piperidine rings is 1. The molecule has 0 atom stereocenters. The number of carbonyl (C=O) groups is 2. The van der Waals surface area contributed by atoms with Gasteiger partial charge in [0.2, 0.25) is 0 Å². The van der Waals surface area contributed by atoms with Gasteiger partial charge >= 0.3 is 6.09 Å². The number of rotatable bonds is 4. The second-order valence-electron chi connectivity index (χ2n) is 7.25. The molecule has 1 aliphatic rings. The molecule has 3 aromatic rings. The van der Waals surface area contributed by atoms with Gasteiger partial charge in [-0.25, -0.2) is 17.2 Å². The maximum Gasteiger partial charge on any atom is 0.407 e. The number of aldehydes is 1. The quantitative estimate of drug-likeness (QED) is 0.606. The molecule has 1 saturated heterocycles. The molecule has 0 saturated carbocycles. The van der Waals surface area contributed by atoms with Crippen LogP contribution in [-0.2, 0) is 10.0 Å². The molecule has 4 rings (SSSR count). The second kappa shape index (κ2) is 7.77. The number of nitrogens with zero attached hydrogens (tertiary/aromatic N) is 2. The molecule has 1 aromatic heterocycles. The van der Waals surface area contributed by atoms with Crippen LogP contribution in [0, 0.1) is 0 Å². The van der Waals surface area contributed by atoms with Crippen LogP contribution in [-0.4, -0.2) is 47.9 Å². The second-order valence-corrected chi connectivity index (χ2v) is 9.50. The summed E-state index contributed by atoms with van der Waals surface area (Å²) in [4.78, 5) is 24.4. The smallest absolute Gasteiger partial charge is 0.407 e. The molecule has 7 nitrogen and oxygen atoms in total. The van der Waals surface area contributed by atoms with E-state index in [0.717, 1.165) is 9.54 Å². The number of hydrogen-bond donors (Lipinski definition) is 1. The van der Waals surface area contributed by atoms with Gasteiger partial charge in [-0.2, -0.15) is 0 Å². The van der Waals surface area contributed by atoms with Crippen LogP contribution in [0.3, 0.4) is 0 Å². The third-order valence-electron chi connectivity index (χ3n) is 5.54. The number of carbonyl (C=O) groups excluding carboxylic acids is 1. The van der Waals surface area contributed by atoms with E-state index in [-0.39, 0.29) is 16.4 Å². The highest BCUT2D eigenvalue weighted by Crippen LogP contribution is 2.36. The summed E-state index contributed by atoms with van der Waals surface area (Å²) in [5.41, 5.74) is 1.56. The maximum absolute atomic E-state index is 13.3. The zero-order valence-corrected chi connectivity index (χ0v) is 17.4. The van der Waals surface area contributed by atoms with Crippen molar-refractivity contribution < 1.29 is 23.1 Å². The Morgan fingerprint density at radius 1 is 1.13 bits per heavy atom. The van der Waals surface area contributed by atoms with E-state index in [1.807, 2.05) is 6.07 Å². The molecule has 2 aromatic carbocycles. The summed E-state index contributed by atoms with van der Waals surface area (Å²) in [6, 6.07) is 11.3. The maximum atomic E-state index is 13.3. The van der Waals surface area contributed by atoms with Crippen molar-refractivity contribution >= 4 is 44.9 Å². The molecule has 156 valence electrons. The molecule has 0 radical (unpaired) electrons. The van der Waals surface area contributed by atoms with Gasteiger partial charge in [-0.05, 0) is 48.6 Å². The molecule has 1 amide bonds. The molecule has 1 N–H and O–H groups in total. The molecule has 30 heavy (non-hydrogen) atoms. The number of amides is 1. The first-order valence-electron chi connectivity index (χ1n) is 9.41. The fourth-order valence-electron chi connectivity index (χ4n) is 4.07. The van der Waals surface area contributed by atoms with Gasteiger partial charge in [0.15, 0.2) is 6.29 Å². The summed E-state index contributed by atoms with van der Waals surface area (Å²) in [5.74, 6) is 0.0349. The first-order valence-corrected chi connectivity index (χ1v) is 11.2. The molecular weight excluding hydrogens is 428 g/mol. The van der Waals surface area contributed by atoms with E-state index < -0.39 is 16.1 Å². The van der Waals surface area contributed by atoms with E-state index in [9.17, 15) is 18.0 Å². The number of likely N-dealkylation sites (tertiary alicyclic amines) is 1. The Morgan fingerprint density at radius 3 is 2.47 bits per heavy atom. The topological polar surface area (TPSA) is 96.7 Å². The zero-order chi connectivity index (χ0) is 21.5. The van der Waals surface area contributed by atoms with E-state index in [0.29, 0.717) is 48.1 Å². The summed E-state index contributed by atoms with van der Waals surface area (Å²) in [6.45, 7) is 0.794. The lowest BCUT2D eigenvalue weighted by molar-refractivity contribution is 0.112. The first kappa shape index (κ1) is 20.4. The molecule has 1 fully saturated rings. The first-order chi connectivity index (χ1) is 14.3. The summed E-state index contributed by atoms with van der Waals surface area (Å²) in [5, 5.41) is 10.1. The Bertz CT molecular complexity index is 1240. The van der Waals surface area contributed by atoms with Crippen molar-refractivity contribution in [3.63, 3.8) is 0 Å². The Balaban J connectivity index is 1.83. The number of carboxylic acid groups (broad SMARTS) is 1. The molecule has 0 aliphatic carbocycles. The normalized spacial score (nSPS) is 15.4. The lowest BCUT2D eigenvalue weighted by Crippen LogP contribution is -2.36. The van der Waals surface area contributed by atoms with E-state index >= 15 is 0 Å². The van der Waals surface area contributed by atoms with Crippen molar-refractivity contribution in [2.45, 2.75) is 23.7 Å². The molecule has 0 spiro atoms. The van der Waals surface area contributed by atoms with Gasteiger partial charge in [0.1, 0.15) is 0 Å². The van der Waals surface area contributed by atoms with Crippen LogP contribution in [0.2, 0.25) is 5.02 Å². The van der Waals surface area contributed by atoms with E-state index in [2.05, 4.69) is 0 Å². The Morgan fingerprint density at radius 2 is 1.83 bits per heavy atom. The van der Waals surface area contributed by atoms with Gasteiger partial charge in [-0.1, -0.05) is 29.8 Å². The predicted octanol–water partition coefficient (Wildman–Crippen LogP) is 4.20. The van der Waals surface area contributed by atoms with Gasteiger partial charge in [0.25, 0.3) is 10.0 Å². The minimum atomic E-state index is -3.96. The van der Waals surface area contributed by atoms with Gasteiger partial charge in [-0.15, -0.1) is 0 Å². The predicted molar refractivity (Wildman–Crippen MR) is 113 cm³/mol. The molecule has 0 unspecified atom stereocenters. The Kier molecular flexibility index (Phi) is 5.29. The van der Waals surface area contributed by atoms with Gasteiger partial charge in [0.05, 0.1) is 10.4 Å². The third-order valence-corrected chi connectivity index (χ3v) is 7.45. The van der Waals surface area contributed by atoms with Crippen molar-refractivity contribution in [3.05, 3.63) is 64.8 Å². The van der Waals surface area contributed by atoms with Gasteiger partial charge in [0, 0.05) is 35.3 Å². The van der Waals surface area contributed by atoms with Crippen LogP contribution < -0.4 is 0 Å². The fourth-order valence-corrected chi connectivity index (χ4v) is 5.74. The molecule has 0 bridgehead atoms. The van der Waals surface area contributed by atoms with Gasteiger partial charge in [-0.3, -0.25) is 4.79 Å². The summed E-state index contributed by atoms with van der Waals surface area (Å²) in [7, 11) is -3.96. The van der Waals surface area contributed by atoms with E-state index in [4.69, 9.17) is 16.7 Å². The number of fused-ring (bicyclic) bond motifs is 1. The van der Waals surface area contributed by atoms with Crippen LogP contribution in [0.25, 0.3) is 10.9 Å². The van der Waals surface area contributed by atoms with Crippen LogP contribution in [0.5, 0.6) is 0 Å². The van der Waals surface area contributed by atoms with Crippen LogP contribution >= 0.6 is 11.6 Å². The summed E-state index contributed by atoms with van der Waals surface area (Å²) < 4.78 is 27.6. The highest BCUT2D eigenvalue weighted by Gasteiger charge is 2.28. The van der Waals surface area contributed by atoms with E-state index in [1.165, 1.54) is 23.2 Å². The summed E-state index contributed by atoms with van der Waals surface area (Å²) >= 11 is 5.97. The third kappa shape index (κ3) is 3.46. The molecule has 2 heterocycles. The molecule has 9 heteroatoms. The number of benzene rings is 2. The number of hydrogen-bond acceptors (Lipinski definition) is 4. The van der Waals surface area contributed by atoms with Crippen molar-refractivity contribution in [3.8, 4) is 0 Å². The Labute approximate surface area is 178 Å². The SMILES string of the molecule is O=Cc1cn(S(=O)(=O)c2cccc(Cl)c2)c2cccc(C3CCN(C(=O)O)CC3)c12. The average Bonchev–Trinajstić information content (AvgIpc) is 3.13. The minimum absolute atomic E-state index is 0.0320. The largest absolute Gasteiger partial charge is 0.465 e. The number of halogens is 1. The van der Waals surface area contributed by atoms with Crippen molar-refractivity contribution in [1.82, 2.24) is 8.87 Å². The van der Waals surface area contributed by atoms with Crippen LogP contribution in [0.4, 0.5) is 4.79 Å². The van der Waals surface area contributed by atoms with E-state index in [1.54, 1.807) is 24.3 Å². The molecular formula is C21H19ClN2O5S. The monoisotopic (exact) mass is 446 g/mol. The highest BCUT2D eigenvalue weighted by atomic mass is 35.5. The number of aromatic nitrogens is 1. The summed E-state index contributed by atoms with van der Waals surface area (Å²) in [6.07, 6.45) is 2.26. The van der Waals surface area contributed by atoms with Crippen molar-refractivity contribution in [2.24, 2.45) is 0 Å². The standard InChI is InChI=1S/C21H19ClN2O5S/c22-16-3-1-4-17(11-16)30(28,29)24-12-15(13-25)20-18(5-2-6-19(20)24)14-7-9-23(10-8-14)21(26)27/h1-6,11-14H,7-10H2,(H,26,27). The lowest BCUT2D eigenvalue weighted by Gasteiger charge is -2.30. The van der Waals surface area contributed by atoms with Crippen LogP contribution in [0.1, 0.15) is 34.7 Å². The van der Waals surface area contributed by atoms with Crippen LogP contribution in [0.15, 0.2) is 53.6 Å². The van der Waals surface area contributed by atoms with Crippen molar-refractivity contribution in [1.29, 1.82) is 0 Å². The Hall–Kier alpha value is -2.84.